The Morgan fingerprint density at radius 1 is 1.35 bits per heavy atom. The van der Waals surface area contributed by atoms with E-state index in [1.807, 2.05) is 0 Å². The molecule has 20 heavy (non-hydrogen) atoms. The lowest BCUT2D eigenvalue weighted by atomic mass is 10.4. The van der Waals surface area contributed by atoms with E-state index in [9.17, 15) is 5.11 Å². The van der Waals surface area contributed by atoms with Crippen molar-refractivity contribution < 1.29 is 9.84 Å². The van der Waals surface area contributed by atoms with Crippen LogP contribution in [0.4, 0.5) is 11.9 Å². The molecule has 9 nitrogen and oxygen atoms in total. The molecule has 0 fully saturated rings. The Kier molecular flexibility index (Phi) is 4.80. The van der Waals surface area contributed by atoms with Gasteiger partial charge in [-0.2, -0.15) is 20.1 Å². The molecule has 2 rings (SSSR count). The number of hydrogen-bond acceptors (Lipinski definition) is 8. The van der Waals surface area contributed by atoms with Crippen molar-refractivity contribution in [3.05, 3.63) is 18.5 Å². The van der Waals surface area contributed by atoms with Crippen LogP contribution in [0.1, 0.15) is 0 Å². The molecule has 0 aliphatic heterocycles. The molecule has 1 atom stereocenters. The van der Waals surface area contributed by atoms with Crippen molar-refractivity contribution in [2.45, 2.75) is 6.10 Å². The summed E-state index contributed by atoms with van der Waals surface area (Å²) in [6.45, 7) is 0.516. The zero-order valence-electron chi connectivity index (χ0n) is 11.3. The lowest BCUT2D eigenvalue weighted by Gasteiger charge is -2.12. The fourth-order valence-electron chi connectivity index (χ4n) is 1.51. The van der Waals surface area contributed by atoms with Gasteiger partial charge in [-0.05, 0) is 6.07 Å². The average Bonchev–Trinajstić information content (AvgIpc) is 2.99. The molecule has 2 heterocycles. The first-order valence-corrected chi connectivity index (χ1v) is 6.07. The van der Waals surface area contributed by atoms with Crippen LogP contribution in [0.5, 0.6) is 0 Å². The molecule has 108 valence electrons. The Morgan fingerprint density at radius 3 is 2.80 bits per heavy atom. The van der Waals surface area contributed by atoms with Crippen LogP contribution < -0.4 is 10.6 Å². The maximum absolute atomic E-state index is 9.60. The van der Waals surface area contributed by atoms with Crippen molar-refractivity contribution in [1.82, 2.24) is 24.7 Å². The summed E-state index contributed by atoms with van der Waals surface area (Å²) in [5.41, 5.74) is 0. The lowest BCUT2D eigenvalue weighted by Crippen LogP contribution is -2.25. The van der Waals surface area contributed by atoms with Gasteiger partial charge in [-0.15, -0.1) is 0 Å². The number of nitrogens with one attached hydrogen (secondary N) is 2. The van der Waals surface area contributed by atoms with Gasteiger partial charge < -0.3 is 20.5 Å². The summed E-state index contributed by atoms with van der Waals surface area (Å²) in [4.78, 5) is 12.6. The number of ether oxygens (including phenoxy) is 1. The van der Waals surface area contributed by atoms with E-state index in [0.717, 1.165) is 0 Å². The van der Waals surface area contributed by atoms with Gasteiger partial charge in [-0.3, -0.25) is 0 Å². The largest absolute Gasteiger partial charge is 0.389 e. The number of anilines is 2. The maximum Gasteiger partial charge on any atom is 0.257 e. The van der Waals surface area contributed by atoms with Gasteiger partial charge in [0.05, 0.1) is 12.7 Å². The third-order valence-corrected chi connectivity index (χ3v) is 2.41. The second-order valence-electron chi connectivity index (χ2n) is 3.97. The molecule has 2 aromatic rings. The van der Waals surface area contributed by atoms with Crippen molar-refractivity contribution in [2.24, 2.45) is 0 Å². The Morgan fingerprint density at radius 2 is 2.15 bits per heavy atom. The van der Waals surface area contributed by atoms with E-state index in [1.54, 1.807) is 25.5 Å². The molecule has 3 N–H and O–H groups in total. The fraction of sp³-hybridized carbons (Fsp3) is 0.455. The van der Waals surface area contributed by atoms with Crippen LogP contribution in [0.2, 0.25) is 0 Å². The van der Waals surface area contributed by atoms with Crippen molar-refractivity contribution >= 4 is 11.9 Å². The first-order valence-electron chi connectivity index (χ1n) is 6.07. The van der Waals surface area contributed by atoms with Crippen LogP contribution in [-0.4, -0.2) is 63.3 Å². The maximum atomic E-state index is 9.60. The summed E-state index contributed by atoms with van der Waals surface area (Å²) in [6.07, 6.45) is 2.74. The molecular weight excluding hydrogens is 262 g/mol. The minimum absolute atomic E-state index is 0.239. The Hall–Kier alpha value is -2.26. The van der Waals surface area contributed by atoms with Crippen LogP contribution in [-0.2, 0) is 4.74 Å². The summed E-state index contributed by atoms with van der Waals surface area (Å²) < 4.78 is 6.38. The Bertz CT molecular complexity index is 532. The summed E-state index contributed by atoms with van der Waals surface area (Å²) >= 11 is 0. The number of aliphatic hydroxyl groups excluding tert-OH is 1. The van der Waals surface area contributed by atoms with Gasteiger partial charge in [0.2, 0.25) is 11.9 Å². The molecule has 0 spiro atoms. The summed E-state index contributed by atoms with van der Waals surface area (Å²) in [6, 6.07) is 1.78. The zero-order chi connectivity index (χ0) is 14.4. The zero-order valence-corrected chi connectivity index (χ0v) is 11.3. The lowest BCUT2D eigenvalue weighted by molar-refractivity contribution is 0.0726. The SMILES string of the molecule is CNc1nc(NCC(O)COC)nc(-n2cccn2)n1. The standard InChI is InChI=1S/C11H17N7O2/c1-12-9-15-10(13-6-8(19)7-20-2)17-11(16-9)18-5-3-4-14-18/h3-5,8,19H,6-7H2,1-2H3,(H2,12,13,15,16,17). The monoisotopic (exact) mass is 279 g/mol. The first-order chi connectivity index (χ1) is 9.72. The summed E-state index contributed by atoms with van der Waals surface area (Å²) in [5, 5.41) is 19.4. The molecule has 0 aliphatic carbocycles. The van der Waals surface area contributed by atoms with Crippen LogP contribution in [0.3, 0.4) is 0 Å². The molecule has 0 radical (unpaired) electrons. The highest BCUT2D eigenvalue weighted by molar-refractivity contribution is 5.37. The highest BCUT2D eigenvalue weighted by Crippen LogP contribution is 2.08. The molecule has 0 amide bonds. The van der Waals surface area contributed by atoms with Crippen molar-refractivity contribution in [1.29, 1.82) is 0 Å². The number of aliphatic hydroxyl groups is 1. The number of nitrogens with zero attached hydrogens (tertiary/aromatic N) is 5. The second-order valence-corrected chi connectivity index (χ2v) is 3.97. The van der Waals surface area contributed by atoms with Crippen molar-refractivity contribution in [3.8, 4) is 5.95 Å². The van der Waals surface area contributed by atoms with E-state index < -0.39 is 6.10 Å². The van der Waals surface area contributed by atoms with Crippen LogP contribution in [0.25, 0.3) is 5.95 Å². The van der Waals surface area contributed by atoms with Crippen LogP contribution >= 0.6 is 0 Å². The minimum Gasteiger partial charge on any atom is -0.389 e. The van der Waals surface area contributed by atoms with Crippen LogP contribution in [0, 0.1) is 0 Å². The Balaban J connectivity index is 2.14. The normalized spacial score (nSPS) is 12.2. The third-order valence-electron chi connectivity index (χ3n) is 2.41. The predicted octanol–water partition coefficient (Wildman–Crippen LogP) is -0.482. The highest BCUT2D eigenvalue weighted by atomic mass is 16.5. The number of rotatable bonds is 7. The van der Waals surface area contributed by atoms with Gasteiger partial charge in [0, 0.05) is 33.1 Å². The smallest absolute Gasteiger partial charge is 0.257 e. The van der Waals surface area contributed by atoms with Crippen LogP contribution in [0.15, 0.2) is 18.5 Å². The van der Waals surface area contributed by atoms with Gasteiger partial charge >= 0.3 is 0 Å². The molecular formula is C11H17N7O2. The number of methoxy groups -OCH3 is 1. The molecule has 0 bridgehead atoms. The highest BCUT2D eigenvalue weighted by Gasteiger charge is 2.09. The average molecular weight is 279 g/mol. The molecule has 2 aromatic heterocycles. The molecule has 0 saturated heterocycles. The topological polar surface area (TPSA) is 110 Å². The summed E-state index contributed by atoms with van der Waals surface area (Å²) in [7, 11) is 3.24. The molecule has 0 saturated carbocycles. The van der Waals surface area contributed by atoms with Gasteiger partial charge in [0.25, 0.3) is 5.95 Å². The predicted molar refractivity (Wildman–Crippen MR) is 72.9 cm³/mol. The molecule has 0 aromatic carbocycles. The molecule has 9 heteroatoms. The third kappa shape index (κ3) is 3.62. The van der Waals surface area contributed by atoms with Gasteiger partial charge in [-0.25, -0.2) is 4.68 Å². The number of aromatic nitrogens is 5. The van der Waals surface area contributed by atoms with Gasteiger partial charge in [0.15, 0.2) is 0 Å². The van der Waals surface area contributed by atoms with E-state index in [2.05, 4.69) is 30.7 Å². The van der Waals surface area contributed by atoms with Crippen molar-refractivity contribution in [2.75, 3.05) is 37.9 Å². The van der Waals surface area contributed by atoms with Crippen molar-refractivity contribution in [3.63, 3.8) is 0 Å². The minimum atomic E-state index is -0.636. The van der Waals surface area contributed by atoms with Gasteiger partial charge in [0.1, 0.15) is 0 Å². The number of hydrogen-bond donors (Lipinski definition) is 3. The molecule has 0 aliphatic rings. The second kappa shape index (κ2) is 6.78. The summed E-state index contributed by atoms with van der Waals surface area (Å²) in [5.74, 6) is 1.15. The fourth-order valence-corrected chi connectivity index (χ4v) is 1.51. The van der Waals surface area contributed by atoms with E-state index in [-0.39, 0.29) is 13.2 Å². The first kappa shape index (κ1) is 14.2. The van der Waals surface area contributed by atoms with E-state index in [0.29, 0.717) is 17.8 Å². The van der Waals surface area contributed by atoms with Gasteiger partial charge in [-0.1, -0.05) is 0 Å². The van der Waals surface area contributed by atoms with E-state index >= 15 is 0 Å². The Labute approximate surface area is 116 Å². The van der Waals surface area contributed by atoms with E-state index in [1.165, 1.54) is 11.8 Å². The van der Waals surface area contributed by atoms with E-state index in [4.69, 9.17) is 4.74 Å². The molecule has 1 unspecified atom stereocenters. The quantitative estimate of drug-likeness (QED) is 0.623.